The number of nitrogens with zero attached hydrogens (tertiary/aromatic N) is 2. The Bertz CT molecular complexity index is 1270. The number of carbonyl (C=O) groups is 1. The van der Waals surface area contributed by atoms with Crippen molar-refractivity contribution < 1.29 is 14.3 Å². The number of aromatic nitrogens is 2. The summed E-state index contributed by atoms with van der Waals surface area (Å²) in [6.07, 6.45) is -0.456. The zero-order valence-electron chi connectivity index (χ0n) is 21.2. The molecule has 0 aliphatic carbocycles. The minimum Gasteiger partial charge on any atom is -0.481 e. The Kier molecular flexibility index (Phi) is 9.08. The molecular weight excluding hydrogens is 460 g/mol. The van der Waals surface area contributed by atoms with Crippen molar-refractivity contribution in [3.63, 3.8) is 0 Å². The van der Waals surface area contributed by atoms with Gasteiger partial charge in [0.05, 0.1) is 0 Å². The monoisotopic (exact) mass is 494 g/mol. The maximum atomic E-state index is 13.5. The van der Waals surface area contributed by atoms with Crippen LogP contribution in [0.15, 0.2) is 64.2 Å². The van der Waals surface area contributed by atoms with Gasteiger partial charge in [0.1, 0.15) is 11.6 Å². The highest BCUT2D eigenvalue weighted by molar-refractivity contribution is 5.98. The van der Waals surface area contributed by atoms with Crippen molar-refractivity contribution in [1.29, 1.82) is 0 Å². The molecule has 1 heterocycles. The summed E-state index contributed by atoms with van der Waals surface area (Å²) in [6, 6.07) is 17.4. The number of aromatic amines is 1. The van der Waals surface area contributed by atoms with Crippen LogP contribution in [0.1, 0.15) is 27.2 Å². The van der Waals surface area contributed by atoms with Crippen LogP contribution in [0.2, 0.25) is 0 Å². The number of amides is 1. The molecule has 3 N–H and O–H groups in total. The van der Waals surface area contributed by atoms with Gasteiger partial charge in [0.15, 0.2) is 11.8 Å². The van der Waals surface area contributed by atoms with Crippen molar-refractivity contribution >= 4 is 17.4 Å². The first kappa shape index (κ1) is 26.7. The summed E-state index contributed by atoms with van der Waals surface area (Å²) >= 11 is 0. The highest BCUT2D eigenvalue weighted by atomic mass is 16.5. The number of nitrogen functional groups attached to an aromatic ring is 1. The fraction of sp³-hybridized carbons (Fsp3) is 0.370. The molecule has 1 amide bonds. The number of ether oxygens (including phenoxy) is 2. The van der Waals surface area contributed by atoms with Crippen molar-refractivity contribution in [3.8, 4) is 16.9 Å². The zero-order valence-corrected chi connectivity index (χ0v) is 21.2. The van der Waals surface area contributed by atoms with Gasteiger partial charge in [0.2, 0.25) is 0 Å². The molecule has 0 radical (unpaired) electrons. The summed E-state index contributed by atoms with van der Waals surface area (Å²) in [5, 5.41) is 0. The second kappa shape index (κ2) is 12.2. The van der Waals surface area contributed by atoms with Crippen molar-refractivity contribution in [1.82, 2.24) is 9.55 Å². The van der Waals surface area contributed by atoms with Crippen LogP contribution < -0.4 is 26.6 Å². The second-order valence-corrected chi connectivity index (χ2v) is 8.98. The quantitative estimate of drug-likeness (QED) is 0.395. The lowest BCUT2D eigenvalue weighted by Crippen LogP contribution is -2.46. The molecule has 0 fully saturated rings. The number of rotatable bonds is 11. The molecule has 0 saturated carbocycles. The summed E-state index contributed by atoms with van der Waals surface area (Å²) < 4.78 is 12.3. The van der Waals surface area contributed by atoms with E-state index in [0.717, 1.165) is 11.1 Å². The second-order valence-electron chi connectivity index (χ2n) is 8.98. The van der Waals surface area contributed by atoms with Crippen LogP contribution in [0.3, 0.4) is 0 Å². The van der Waals surface area contributed by atoms with Crippen LogP contribution in [0, 0.1) is 5.92 Å². The number of methoxy groups -OCH3 is 1. The maximum absolute atomic E-state index is 13.5. The van der Waals surface area contributed by atoms with Gasteiger partial charge in [0.25, 0.3) is 11.5 Å². The standard InChI is InChI=1S/C27H34N4O5/c1-18(2)17-31-24(28)23(25(32)29-27(31)34)30(15-8-16-35-4)26(33)19(3)36-22-13-11-21(12-14-22)20-9-6-5-7-10-20/h5-7,9-14,18-19H,8,15-17,28H2,1-4H3,(H,29,32,34). The van der Waals surface area contributed by atoms with E-state index in [1.807, 2.05) is 56.3 Å². The SMILES string of the molecule is COCCCN(C(=O)C(C)Oc1ccc(-c2ccccc2)cc1)c1c(N)n(CC(C)C)c(=O)[nH]c1=O. The van der Waals surface area contributed by atoms with Gasteiger partial charge < -0.3 is 20.1 Å². The fourth-order valence-electron chi connectivity index (χ4n) is 3.91. The lowest BCUT2D eigenvalue weighted by Gasteiger charge is -2.27. The molecule has 192 valence electrons. The van der Waals surface area contributed by atoms with E-state index in [4.69, 9.17) is 15.2 Å². The molecular formula is C27H34N4O5. The molecule has 0 aliphatic heterocycles. The van der Waals surface area contributed by atoms with Crippen molar-refractivity contribution in [2.24, 2.45) is 5.92 Å². The van der Waals surface area contributed by atoms with Crippen LogP contribution >= 0.6 is 0 Å². The van der Waals surface area contributed by atoms with E-state index in [9.17, 15) is 14.4 Å². The fourth-order valence-corrected chi connectivity index (χ4v) is 3.91. The average molecular weight is 495 g/mol. The molecule has 0 bridgehead atoms. The lowest BCUT2D eigenvalue weighted by molar-refractivity contribution is -0.124. The molecule has 36 heavy (non-hydrogen) atoms. The number of benzene rings is 2. The molecule has 0 saturated heterocycles. The first-order chi connectivity index (χ1) is 17.2. The van der Waals surface area contributed by atoms with Crippen molar-refractivity contribution in [2.75, 3.05) is 30.9 Å². The summed E-state index contributed by atoms with van der Waals surface area (Å²) in [7, 11) is 1.56. The molecule has 2 aromatic carbocycles. The molecule has 9 heteroatoms. The number of hydrogen-bond acceptors (Lipinski definition) is 6. The van der Waals surface area contributed by atoms with Crippen LogP contribution in [-0.4, -0.2) is 41.8 Å². The highest BCUT2D eigenvalue weighted by Crippen LogP contribution is 2.24. The Balaban J connectivity index is 1.88. The molecule has 1 unspecified atom stereocenters. The smallest absolute Gasteiger partial charge is 0.330 e. The van der Waals surface area contributed by atoms with Crippen molar-refractivity contribution in [3.05, 3.63) is 75.4 Å². The third-order valence-electron chi connectivity index (χ3n) is 5.65. The number of carbonyl (C=O) groups excluding carboxylic acids is 1. The molecule has 9 nitrogen and oxygen atoms in total. The first-order valence-corrected chi connectivity index (χ1v) is 12.0. The van der Waals surface area contributed by atoms with Crippen LogP contribution in [0.5, 0.6) is 5.75 Å². The predicted molar refractivity (Wildman–Crippen MR) is 141 cm³/mol. The minimum atomic E-state index is -0.917. The van der Waals surface area contributed by atoms with Crippen LogP contribution in [0.25, 0.3) is 11.1 Å². The predicted octanol–water partition coefficient (Wildman–Crippen LogP) is 3.28. The van der Waals surface area contributed by atoms with Gasteiger partial charge in [-0.2, -0.15) is 0 Å². The summed E-state index contributed by atoms with van der Waals surface area (Å²) in [4.78, 5) is 42.3. The summed E-state index contributed by atoms with van der Waals surface area (Å²) in [5.41, 5.74) is 6.98. The Labute approximate surface area is 210 Å². The highest BCUT2D eigenvalue weighted by Gasteiger charge is 2.28. The largest absolute Gasteiger partial charge is 0.481 e. The molecule has 1 atom stereocenters. The lowest BCUT2D eigenvalue weighted by atomic mass is 10.1. The molecule has 3 rings (SSSR count). The maximum Gasteiger partial charge on any atom is 0.330 e. The number of nitrogens with two attached hydrogens (primary N) is 1. The Morgan fingerprint density at radius 3 is 2.28 bits per heavy atom. The van der Waals surface area contributed by atoms with E-state index in [-0.39, 0.29) is 24.0 Å². The van der Waals surface area contributed by atoms with E-state index < -0.39 is 23.3 Å². The van der Waals surface area contributed by atoms with Gasteiger partial charge in [-0.05, 0) is 42.5 Å². The molecule has 0 aliphatic rings. The number of nitrogens with one attached hydrogen (secondary N) is 1. The van der Waals surface area contributed by atoms with Gasteiger partial charge in [-0.3, -0.25) is 19.1 Å². The van der Waals surface area contributed by atoms with Crippen molar-refractivity contribution in [2.45, 2.75) is 39.8 Å². The Hall–Kier alpha value is -3.85. The number of H-pyrrole nitrogens is 1. The zero-order chi connectivity index (χ0) is 26.2. The van der Waals surface area contributed by atoms with E-state index in [2.05, 4.69) is 4.98 Å². The van der Waals surface area contributed by atoms with Crippen LogP contribution in [0.4, 0.5) is 11.5 Å². The topological polar surface area (TPSA) is 120 Å². The van der Waals surface area contributed by atoms with E-state index in [1.165, 1.54) is 9.47 Å². The Morgan fingerprint density at radius 2 is 1.67 bits per heavy atom. The van der Waals surface area contributed by atoms with Gasteiger partial charge in [-0.25, -0.2) is 4.79 Å². The van der Waals surface area contributed by atoms with Gasteiger partial charge in [-0.15, -0.1) is 0 Å². The first-order valence-electron chi connectivity index (χ1n) is 12.0. The van der Waals surface area contributed by atoms with Gasteiger partial charge in [0, 0.05) is 26.8 Å². The van der Waals surface area contributed by atoms with Gasteiger partial charge in [-0.1, -0.05) is 56.3 Å². The molecule has 0 spiro atoms. The molecule has 3 aromatic rings. The normalized spacial score (nSPS) is 11.9. The molecule has 1 aromatic heterocycles. The third-order valence-corrected chi connectivity index (χ3v) is 5.65. The third kappa shape index (κ3) is 6.42. The van der Waals surface area contributed by atoms with Crippen LogP contribution in [-0.2, 0) is 16.1 Å². The van der Waals surface area contributed by atoms with Gasteiger partial charge >= 0.3 is 5.69 Å². The number of anilines is 2. The minimum absolute atomic E-state index is 0.0531. The number of hydrogen-bond donors (Lipinski definition) is 2. The average Bonchev–Trinajstić information content (AvgIpc) is 2.86. The van der Waals surface area contributed by atoms with E-state index in [1.54, 1.807) is 26.2 Å². The summed E-state index contributed by atoms with van der Waals surface area (Å²) in [5.74, 6) is 0.106. The van der Waals surface area contributed by atoms with E-state index in [0.29, 0.717) is 25.3 Å². The van der Waals surface area contributed by atoms with E-state index >= 15 is 0 Å². The Morgan fingerprint density at radius 1 is 1.03 bits per heavy atom. The summed E-state index contributed by atoms with van der Waals surface area (Å²) in [6.45, 7) is 6.32.